The smallest absolute Gasteiger partial charge is 0.269 e. The highest BCUT2D eigenvalue weighted by atomic mass is 32.2. The zero-order valence-corrected chi connectivity index (χ0v) is 10.1. The molecule has 1 aromatic rings. The first-order valence-corrected chi connectivity index (χ1v) is 6.57. The first-order valence-electron chi connectivity index (χ1n) is 5.13. The number of nitrogens with two attached hydrogens (primary N) is 1. The van der Waals surface area contributed by atoms with Gasteiger partial charge in [0.25, 0.3) is 15.9 Å². The Hall–Kier alpha value is -1.64. The van der Waals surface area contributed by atoms with Gasteiger partial charge in [-0.25, -0.2) is 12.7 Å². The van der Waals surface area contributed by atoms with Crippen LogP contribution in [-0.2, 0) is 10.0 Å². The third-order valence-corrected chi connectivity index (χ3v) is 4.41. The minimum atomic E-state index is -3.99. The standard InChI is InChI=1S/C10H12N2O5S/c11-6-1-2-8-9(3-6)18(16,17)12(10(8)15)4-7(14)5-13/h1-3,7,13-14H,4-5,11H2. The molecule has 1 aromatic carbocycles. The predicted molar refractivity (Wildman–Crippen MR) is 62.2 cm³/mol. The maximum atomic E-state index is 12.1. The van der Waals surface area contributed by atoms with E-state index in [1.807, 2.05) is 0 Å². The fourth-order valence-electron chi connectivity index (χ4n) is 1.72. The number of amides is 1. The van der Waals surface area contributed by atoms with Gasteiger partial charge < -0.3 is 15.9 Å². The lowest BCUT2D eigenvalue weighted by atomic mass is 10.2. The number of nitrogen functional groups attached to an aromatic ring is 1. The quantitative estimate of drug-likeness (QED) is 0.592. The molecule has 0 aromatic heterocycles. The number of β-amino-alcohol motifs (C(OH)–C–C–N with tert-alkyl or cyclic N) is 1. The molecule has 2 rings (SSSR count). The molecule has 0 fully saturated rings. The molecule has 8 heteroatoms. The molecule has 1 aliphatic rings. The van der Waals surface area contributed by atoms with Crippen LogP contribution in [0.2, 0.25) is 0 Å². The van der Waals surface area contributed by atoms with Gasteiger partial charge in [-0.3, -0.25) is 4.79 Å². The van der Waals surface area contributed by atoms with E-state index in [2.05, 4.69) is 0 Å². The van der Waals surface area contributed by atoms with E-state index in [4.69, 9.17) is 10.8 Å². The van der Waals surface area contributed by atoms with Crippen molar-refractivity contribution < 1.29 is 23.4 Å². The SMILES string of the molecule is Nc1ccc2c(c1)S(=O)(=O)N(CC(O)CO)C2=O. The molecule has 1 unspecified atom stereocenters. The number of carbonyl (C=O) groups is 1. The Morgan fingerprint density at radius 1 is 1.39 bits per heavy atom. The number of aliphatic hydroxyl groups excluding tert-OH is 2. The number of anilines is 1. The minimum Gasteiger partial charge on any atom is -0.399 e. The molecule has 1 atom stereocenters. The van der Waals surface area contributed by atoms with Gasteiger partial charge in [0.1, 0.15) is 4.90 Å². The van der Waals surface area contributed by atoms with Crippen LogP contribution in [0.5, 0.6) is 0 Å². The van der Waals surface area contributed by atoms with Gasteiger partial charge in [0.05, 0.1) is 24.8 Å². The molecule has 0 spiro atoms. The maximum Gasteiger partial charge on any atom is 0.269 e. The second kappa shape index (κ2) is 4.23. The van der Waals surface area contributed by atoms with Crippen molar-refractivity contribution in [3.05, 3.63) is 23.8 Å². The molecule has 1 aliphatic heterocycles. The van der Waals surface area contributed by atoms with Crippen molar-refractivity contribution in [2.45, 2.75) is 11.0 Å². The number of hydrogen-bond acceptors (Lipinski definition) is 6. The molecule has 18 heavy (non-hydrogen) atoms. The van der Waals surface area contributed by atoms with Crippen molar-refractivity contribution in [3.8, 4) is 0 Å². The average molecular weight is 272 g/mol. The third kappa shape index (κ3) is 1.84. The molecule has 0 saturated carbocycles. The van der Waals surface area contributed by atoms with E-state index in [1.54, 1.807) is 0 Å². The minimum absolute atomic E-state index is 0.0225. The molecule has 0 bridgehead atoms. The Balaban J connectivity index is 2.48. The molecule has 0 saturated heterocycles. The monoisotopic (exact) mass is 272 g/mol. The second-order valence-electron chi connectivity index (χ2n) is 3.93. The Bertz CT molecular complexity index is 598. The highest BCUT2D eigenvalue weighted by Crippen LogP contribution is 2.31. The Morgan fingerprint density at radius 2 is 2.06 bits per heavy atom. The summed E-state index contributed by atoms with van der Waals surface area (Å²) in [7, 11) is -3.99. The van der Waals surface area contributed by atoms with Crippen LogP contribution in [0.1, 0.15) is 10.4 Å². The summed E-state index contributed by atoms with van der Waals surface area (Å²) in [6.07, 6.45) is -1.31. The van der Waals surface area contributed by atoms with Crippen LogP contribution in [0.4, 0.5) is 5.69 Å². The van der Waals surface area contributed by atoms with Crippen LogP contribution in [0.3, 0.4) is 0 Å². The Kier molecular flexibility index (Phi) is 3.01. The number of aliphatic hydroxyl groups is 2. The lowest BCUT2D eigenvalue weighted by Gasteiger charge is -2.17. The van der Waals surface area contributed by atoms with Gasteiger partial charge in [-0.2, -0.15) is 0 Å². The summed E-state index contributed by atoms with van der Waals surface area (Å²) < 4.78 is 24.6. The predicted octanol–water partition coefficient (Wildman–Crippen LogP) is -1.23. The maximum absolute atomic E-state index is 12.1. The van der Waals surface area contributed by atoms with Crippen molar-refractivity contribution in [3.63, 3.8) is 0 Å². The lowest BCUT2D eigenvalue weighted by molar-refractivity contribution is 0.0642. The fourth-order valence-corrected chi connectivity index (χ4v) is 3.36. The largest absolute Gasteiger partial charge is 0.399 e. The summed E-state index contributed by atoms with van der Waals surface area (Å²) in [4.78, 5) is 11.7. The molecule has 98 valence electrons. The van der Waals surface area contributed by atoms with Gasteiger partial charge in [-0.15, -0.1) is 0 Å². The van der Waals surface area contributed by atoms with E-state index in [9.17, 15) is 18.3 Å². The van der Waals surface area contributed by atoms with E-state index in [-0.39, 0.29) is 16.1 Å². The normalized spacial score (nSPS) is 18.8. The number of hydrogen-bond donors (Lipinski definition) is 3. The van der Waals surface area contributed by atoms with E-state index in [0.29, 0.717) is 4.31 Å². The summed E-state index contributed by atoms with van der Waals surface area (Å²) in [5.74, 6) is -0.725. The van der Waals surface area contributed by atoms with Gasteiger partial charge in [-0.1, -0.05) is 0 Å². The van der Waals surface area contributed by atoms with Crippen molar-refractivity contribution in [1.82, 2.24) is 4.31 Å². The Morgan fingerprint density at radius 3 is 2.67 bits per heavy atom. The summed E-state index contributed by atoms with van der Waals surface area (Å²) >= 11 is 0. The van der Waals surface area contributed by atoms with Crippen LogP contribution in [0, 0.1) is 0 Å². The molecule has 7 nitrogen and oxygen atoms in total. The van der Waals surface area contributed by atoms with Gasteiger partial charge in [-0.05, 0) is 18.2 Å². The number of sulfonamides is 1. The van der Waals surface area contributed by atoms with Gasteiger partial charge in [0.2, 0.25) is 0 Å². The van der Waals surface area contributed by atoms with Crippen LogP contribution in [-0.4, -0.2) is 48.1 Å². The van der Waals surface area contributed by atoms with E-state index >= 15 is 0 Å². The summed E-state index contributed by atoms with van der Waals surface area (Å²) in [6, 6.07) is 3.96. The topological polar surface area (TPSA) is 121 Å². The van der Waals surface area contributed by atoms with E-state index in [1.165, 1.54) is 18.2 Å². The lowest BCUT2D eigenvalue weighted by Crippen LogP contribution is -2.38. The van der Waals surface area contributed by atoms with Crippen LogP contribution >= 0.6 is 0 Å². The van der Waals surface area contributed by atoms with E-state index < -0.39 is 35.2 Å². The fraction of sp³-hybridized carbons (Fsp3) is 0.300. The second-order valence-corrected chi connectivity index (χ2v) is 5.76. The first-order chi connectivity index (χ1) is 8.37. The zero-order chi connectivity index (χ0) is 13.5. The molecule has 4 N–H and O–H groups in total. The van der Waals surface area contributed by atoms with Crippen molar-refractivity contribution in [2.24, 2.45) is 0 Å². The first kappa shape index (κ1) is 12.8. The van der Waals surface area contributed by atoms with E-state index in [0.717, 1.165) is 0 Å². The number of carbonyl (C=O) groups excluding carboxylic acids is 1. The molecule has 1 heterocycles. The van der Waals surface area contributed by atoms with Gasteiger partial charge in [0.15, 0.2) is 0 Å². The molecular weight excluding hydrogens is 260 g/mol. The van der Waals surface area contributed by atoms with Crippen LogP contribution in [0.25, 0.3) is 0 Å². The van der Waals surface area contributed by atoms with Gasteiger partial charge in [0, 0.05) is 5.69 Å². The summed E-state index contributed by atoms with van der Waals surface area (Å²) in [6.45, 7) is -1.11. The molecule has 0 aliphatic carbocycles. The number of benzene rings is 1. The van der Waals surface area contributed by atoms with Crippen molar-refractivity contribution in [2.75, 3.05) is 18.9 Å². The molecular formula is C10H12N2O5S. The summed E-state index contributed by atoms with van der Waals surface area (Å²) in [5.41, 5.74) is 5.74. The van der Waals surface area contributed by atoms with Crippen LogP contribution < -0.4 is 5.73 Å². The third-order valence-electron chi connectivity index (χ3n) is 2.62. The molecule has 0 radical (unpaired) electrons. The van der Waals surface area contributed by atoms with Gasteiger partial charge >= 0.3 is 0 Å². The van der Waals surface area contributed by atoms with Crippen molar-refractivity contribution >= 4 is 21.6 Å². The Labute approximate surface area is 103 Å². The average Bonchev–Trinajstić information content (AvgIpc) is 2.50. The molecule has 1 amide bonds. The highest BCUT2D eigenvalue weighted by molar-refractivity contribution is 7.90. The number of rotatable bonds is 3. The number of fused-ring (bicyclic) bond motifs is 1. The zero-order valence-electron chi connectivity index (χ0n) is 9.28. The van der Waals surface area contributed by atoms with Crippen molar-refractivity contribution in [1.29, 1.82) is 0 Å². The number of nitrogens with zero attached hydrogens (tertiary/aromatic N) is 1. The highest BCUT2D eigenvalue weighted by Gasteiger charge is 2.41. The van der Waals surface area contributed by atoms with Crippen LogP contribution in [0.15, 0.2) is 23.1 Å². The summed E-state index contributed by atoms with van der Waals surface area (Å²) in [5, 5.41) is 18.0.